The van der Waals surface area contributed by atoms with Crippen LogP contribution >= 0.6 is 23.8 Å². The summed E-state index contributed by atoms with van der Waals surface area (Å²) >= 11 is 12.1. The van der Waals surface area contributed by atoms with Gasteiger partial charge in [-0.2, -0.15) is 0 Å². The fraction of sp³-hybridized carbons (Fsp3) is 0.231. The molecule has 0 spiro atoms. The zero-order valence-electron chi connectivity index (χ0n) is 18.6. The minimum atomic E-state index is -1.06. The van der Waals surface area contributed by atoms with Crippen LogP contribution in [-0.2, 0) is 4.79 Å². The Morgan fingerprint density at radius 2 is 1.88 bits per heavy atom. The van der Waals surface area contributed by atoms with Crippen molar-refractivity contribution in [1.29, 1.82) is 0 Å². The van der Waals surface area contributed by atoms with Crippen LogP contribution in [0.15, 0.2) is 66.7 Å². The molecule has 3 aromatic carbocycles. The third-order valence-electron chi connectivity index (χ3n) is 6.40. The molecule has 2 aliphatic heterocycles. The molecule has 1 fully saturated rings. The fourth-order valence-corrected chi connectivity index (χ4v) is 5.48. The number of rotatable bonds is 3. The first-order valence-corrected chi connectivity index (χ1v) is 11.6. The minimum Gasteiger partial charge on any atom is -0.467 e. The predicted octanol–water partition coefficient (Wildman–Crippen LogP) is 5.76. The fourth-order valence-electron chi connectivity index (χ4n) is 4.88. The van der Waals surface area contributed by atoms with Gasteiger partial charge in [0.25, 0.3) is 0 Å². The Morgan fingerprint density at radius 1 is 1.12 bits per heavy atom. The topological polar surface area (TPSA) is 53.6 Å². The Labute approximate surface area is 203 Å². The molecule has 2 heterocycles. The first kappa shape index (κ1) is 21.7. The summed E-state index contributed by atoms with van der Waals surface area (Å²) < 4.78 is 6.58. The second-order valence-electron chi connectivity index (χ2n) is 8.72. The molecule has 0 aliphatic carbocycles. The van der Waals surface area contributed by atoms with Gasteiger partial charge in [-0.3, -0.25) is 9.69 Å². The van der Waals surface area contributed by atoms with Crippen LogP contribution in [0, 0.1) is 19.8 Å². The van der Waals surface area contributed by atoms with Crippen molar-refractivity contribution in [3.8, 4) is 5.75 Å². The average Bonchev–Trinajstić information content (AvgIpc) is 2.76. The van der Waals surface area contributed by atoms with E-state index in [0.29, 0.717) is 15.9 Å². The number of hydrogen-bond acceptors (Lipinski definition) is 3. The molecular formula is C26H24ClN3O2S. The number of para-hydroxylation sites is 1. The van der Waals surface area contributed by atoms with Crippen LogP contribution in [0.2, 0.25) is 5.02 Å². The molecule has 0 aromatic heterocycles. The Bertz CT molecular complexity index is 1270. The van der Waals surface area contributed by atoms with Crippen LogP contribution in [0.1, 0.15) is 29.7 Å². The van der Waals surface area contributed by atoms with E-state index in [4.69, 9.17) is 28.6 Å². The number of nitrogens with one attached hydrogen (secondary N) is 2. The van der Waals surface area contributed by atoms with Gasteiger partial charge >= 0.3 is 0 Å². The largest absolute Gasteiger partial charge is 0.467 e. The van der Waals surface area contributed by atoms with Crippen LogP contribution in [0.25, 0.3) is 0 Å². The summed E-state index contributed by atoms with van der Waals surface area (Å²) in [5, 5.41) is 7.61. The van der Waals surface area contributed by atoms with Gasteiger partial charge in [-0.25, -0.2) is 0 Å². The van der Waals surface area contributed by atoms with E-state index in [9.17, 15) is 4.79 Å². The Kier molecular flexibility index (Phi) is 5.30. The number of halogens is 1. The molecule has 7 heteroatoms. The van der Waals surface area contributed by atoms with Crippen molar-refractivity contribution in [2.45, 2.75) is 32.5 Å². The Morgan fingerprint density at radius 3 is 2.61 bits per heavy atom. The molecule has 2 aliphatic rings. The normalized spacial score (nSPS) is 23.3. The van der Waals surface area contributed by atoms with Gasteiger partial charge in [0.2, 0.25) is 5.91 Å². The Hall–Kier alpha value is -3.09. The van der Waals surface area contributed by atoms with E-state index < -0.39 is 17.7 Å². The number of amides is 1. The summed E-state index contributed by atoms with van der Waals surface area (Å²) in [4.78, 5) is 15.8. The molecule has 3 atom stereocenters. The molecule has 5 nitrogen and oxygen atoms in total. The van der Waals surface area contributed by atoms with Gasteiger partial charge in [-0.05, 0) is 75.0 Å². The third-order valence-corrected chi connectivity index (χ3v) is 6.93. The van der Waals surface area contributed by atoms with Gasteiger partial charge in [0.15, 0.2) is 10.8 Å². The van der Waals surface area contributed by atoms with Crippen molar-refractivity contribution in [2.24, 2.45) is 5.92 Å². The molecule has 1 saturated heterocycles. The standard InChI is InChI=1S/C26H24ClN3O2S/c1-15-9-11-20(16(2)13-15)28-24(31)22-23-19-14-17(27)10-12-21(19)32-26(22,3)30(25(33)29-23)18-7-5-4-6-8-18/h4-14,22-23H,1-3H3,(H,28,31)(H,29,33)/t22-,23+,26+/m1/s1. The molecule has 33 heavy (non-hydrogen) atoms. The number of thiocarbonyl (C=S) groups is 1. The summed E-state index contributed by atoms with van der Waals surface area (Å²) in [7, 11) is 0. The number of fused-ring (bicyclic) bond motifs is 4. The lowest BCUT2D eigenvalue weighted by Gasteiger charge is -2.56. The van der Waals surface area contributed by atoms with Crippen molar-refractivity contribution in [2.75, 3.05) is 10.2 Å². The molecule has 0 radical (unpaired) electrons. The van der Waals surface area contributed by atoms with E-state index in [1.165, 1.54) is 0 Å². The number of hydrogen-bond donors (Lipinski definition) is 2. The predicted molar refractivity (Wildman–Crippen MR) is 136 cm³/mol. The van der Waals surface area contributed by atoms with Gasteiger partial charge in [0.1, 0.15) is 11.7 Å². The molecular weight excluding hydrogens is 454 g/mol. The highest BCUT2D eigenvalue weighted by molar-refractivity contribution is 7.80. The summed E-state index contributed by atoms with van der Waals surface area (Å²) in [6.07, 6.45) is 0. The van der Waals surface area contributed by atoms with Crippen LogP contribution in [-0.4, -0.2) is 16.7 Å². The maximum atomic E-state index is 13.9. The molecule has 0 unspecified atom stereocenters. The van der Waals surface area contributed by atoms with Crippen LogP contribution in [0.3, 0.4) is 0 Å². The number of nitrogens with zero attached hydrogens (tertiary/aromatic N) is 1. The molecule has 3 aromatic rings. The van der Waals surface area contributed by atoms with Crippen LogP contribution in [0.4, 0.5) is 11.4 Å². The van der Waals surface area contributed by atoms with Crippen LogP contribution in [0.5, 0.6) is 5.75 Å². The van der Waals surface area contributed by atoms with Crippen molar-refractivity contribution in [3.05, 3.63) is 88.4 Å². The monoisotopic (exact) mass is 477 g/mol. The van der Waals surface area contributed by atoms with E-state index in [2.05, 4.69) is 10.6 Å². The second-order valence-corrected chi connectivity index (χ2v) is 9.55. The zero-order chi connectivity index (χ0) is 23.3. The van der Waals surface area contributed by atoms with Crippen molar-refractivity contribution < 1.29 is 9.53 Å². The maximum Gasteiger partial charge on any atom is 0.236 e. The number of aryl methyl sites for hydroxylation is 2. The lowest BCUT2D eigenvalue weighted by atomic mass is 9.78. The van der Waals surface area contributed by atoms with Crippen LogP contribution < -0.4 is 20.3 Å². The van der Waals surface area contributed by atoms with Gasteiger partial charge in [-0.1, -0.05) is 47.5 Å². The van der Waals surface area contributed by atoms with E-state index in [1.807, 2.05) is 86.3 Å². The van der Waals surface area contributed by atoms with E-state index >= 15 is 0 Å². The molecule has 0 saturated carbocycles. The number of benzene rings is 3. The third kappa shape index (κ3) is 3.63. The number of carbonyl (C=O) groups is 1. The van der Waals surface area contributed by atoms with E-state index in [0.717, 1.165) is 28.1 Å². The SMILES string of the molecule is Cc1ccc(NC(=O)[C@H]2[C@H]3NC(=S)N(c4ccccc4)[C@@]2(C)Oc2ccc(Cl)cc23)c(C)c1. The average molecular weight is 478 g/mol. The molecule has 1 amide bonds. The molecule has 168 valence electrons. The van der Waals surface area contributed by atoms with Gasteiger partial charge in [0.05, 0.1) is 6.04 Å². The summed E-state index contributed by atoms with van der Waals surface area (Å²) in [6, 6.07) is 20.8. The molecule has 2 bridgehead atoms. The summed E-state index contributed by atoms with van der Waals surface area (Å²) in [6.45, 7) is 5.94. The first-order chi connectivity index (χ1) is 15.8. The number of ether oxygens (including phenoxy) is 1. The van der Waals surface area contributed by atoms with Gasteiger partial charge < -0.3 is 15.4 Å². The smallest absolute Gasteiger partial charge is 0.236 e. The van der Waals surface area contributed by atoms with Crippen molar-refractivity contribution in [3.63, 3.8) is 0 Å². The minimum absolute atomic E-state index is 0.156. The van der Waals surface area contributed by atoms with E-state index in [1.54, 1.807) is 6.07 Å². The Balaban J connectivity index is 1.63. The maximum absolute atomic E-state index is 13.9. The van der Waals surface area contributed by atoms with E-state index in [-0.39, 0.29) is 5.91 Å². The second kappa shape index (κ2) is 8.04. The summed E-state index contributed by atoms with van der Waals surface area (Å²) in [5.41, 5.74) is 3.52. The zero-order valence-corrected chi connectivity index (χ0v) is 20.1. The highest BCUT2D eigenvalue weighted by Gasteiger charge is 2.59. The van der Waals surface area contributed by atoms with Crippen molar-refractivity contribution >= 4 is 46.2 Å². The van der Waals surface area contributed by atoms with Gasteiger partial charge in [0, 0.05) is 22.0 Å². The summed E-state index contributed by atoms with van der Waals surface area (Å²) in [5.74, 6) is -0.0921. The molecule has 5 rings (SSSR count). The first-order valence-electron chi connectivity index (χ1n) is 10.8. The molecule has 2 N–H and O–H groups in total. The lowest BCUT2D eigenvalue weighted by molar-refractivity contribution is -0.130. The van der Waals surface area contributed by atoms with Gasteiger partial charge in [-0.15, -0.1) is 0 Å². The highest BCUT2D eigenvalue weighted by Crippen LogP contribution is 2.50. The van der Waals surface area contributed by atoms with Crippen molar-refractivity contribution in [1.82, 2.24) is 5.32 Å². The number of anilines is 2. The quantitative estimate of drug-likeness (QED) is 0.470. The highest BCUT2D eigenvalue weighted by atomic mass is 35.5. The lowest BCUT2D eigenvalue weighted by Crippen LogP contribution is -2.72. The number of carbonyl (C=O) groups excluding carboxylic acids is 1.